The van der Waals surface area contributed by atoms with Crippen LogP contribution in [-0.4, -0.2) is 44.7 Å². The quantitative estimate of drug-likeness (QED) is 0.869. The maximum Gasteiger partial charge on any atom is 0.256 e. The summed E-state index contributed by atoms with van der Waals surface area (Å²) in [4.78, 5) is 48.3. The Morgan fingerprint density at radius 1 is 1.12 bits per heavy atom. The summed E-state index contributed by atoms with van der Waals surface area (Å²) in [5.74, 6) is 0.981. The van der Waals surface area contributed by atoms with Crippen molar-refractivity contribution in [1.29, 1.82) is 0 Å². The van der Waals surface area contributed by atoms with Crippen LogP contribution < -0.4 is 5.56 Å². The molecule has 1 saturated heterocycles. The summed E-state index contributed by atoms with van der Waals surface area (Å²) in [6.07, 6.45) is 6.59. The van der Waals surface area contributed by atoms with E-state index in [1.165, 1.54) is 6.92 Å². The molecule has 2 amide bonds. The highest BCUT2D eigenvalue weighted by atomic mass is 16.2. The molecule has 140 valence electrons. The van der Waals surface area contributed by atoms with Gasteiger partial charge in [-0.3, -0.25) is 14.4 Å². The van der Waals surface area contributed by atoms with Crippen LogP contribution in [0.4, 0.5) is 0 Å². The van der Waals surface area contributed by atoms with Gasteiger partial charge in [0.1, 0.15) is 5.82 Å². The lowest BCUT2D eigenvalue weighted by molar-refractivity contribution is -0.142. The number of likely N-dealkylation sites (tertiary alicyclic amines) is 1. The first-order valence-corrected chi connectivity index (χ1v) is 9.72. The normalized spacial score (nSPS) is 23.3. The standard InChI is InChI=1S/C19H26N4O3/c1-12(24)22-10-8-15-14(11-22)18(25)21-17(20-15)16-7-2-3-9-23(16)19(26)13-5-4-6-13/h13,16H,2-11H2,1H3,(H,20,21,25). The molecule has 26 heavy (non-hydrogen) atoms. The number of aromatic nitrogens is 2. The fourth-order valence-electron chi connectivity index (χ4n) is 4.24. The minimum Gasteiger partial charge on any atom is -0.338 e. The van der Waals surface area contributed by atoms with Crippen LogP contribution >= 0.6 is 0 Å². The van der Waals surface area contributed by atoms with Crippen molar-refractivity contribution in [3.05, 3.63) is 27.4 Å². The number of aromatic amines is 1. The highest BCUT2D eigenvalue weighted by Crippen LogP contribution is 2.35. The Labute approximate surface area is 152 Å². The lowest BCUT2D eigenvalue weighted by atomic mass is 9.83. The zero-order valence-electron chi connectivity index (χ0n) is 15.3. The average molecular weight is 358 g/mol. The lowest BCUT2D eigenvalue weighted by Crippen LogP contribution is -2.45. The van der Waals surface area contributed by atoms with Gasteiger partial charge in [0, 0.05) is 32.4 Å². The van der Waals surface area contributed by atoms with Gasteiger partial charge in [0.05, 0.1) is 23.8 Å². The van der Waals surface area contributed by atoms with Crippen LogP contribution in [0.25, 0.3) is 0 Å². The van der Waals surface area contributed by atoms with Crippen molar-refractivity contribution in [2.75, 3.05) is 13.1 Å². The smallest absolute Gasteiger partial charge is 0.256 e. The summed E-state index contributed by atoms with van der Waals surface area (Å²) >= 11 is 0. The van der Waals surface area contributed by atoms with Crippen LogP contribution in [0.1, 0.15) is 68.6 Å². The SMILES string of the molecule is CC(=O)N1CCc2nc(C3CCCCN3C(=O)C3CCC3)[nH]c(=O)c2C1. The molecule has 4 rings (SSSR count). The fourth-order valence-corrected chi connectivity index (χ4v) is 4.24. The number of fused-ring (bicyclic) bond motifs is 1. The Hall–Kier alpha value is -2.18. The highest BCUT2D eigenvalue weighted by Gasteiger charge is 2.36. The fraction of sp³-hybridized carbons (Fsp3) is 0.684. The van der Waals surface area contributed by atoms with Crippen molar-refractivity contribution in [2.45, 2.75) is 64.5 Å². The summed E-state index contributed by atoms with van der Waals surface area (Å²) in [6.45, 7) is 3.18. The van der Waals surface area contributed by atoms with Crippen molar-refractivity contribution < 1.29 is 9.59 Å². The Bertz CT molecular complexity index is 783. The summed E-state index contributed by atoms with van der Waals surface area (Å²) < 4.78 is 0. The zero-order valence-corrected chi connectivity index (χ0v) is 15.3. The molecule has 1 unspecified atom stereocenters. The van der Waals surface area contributed by atoms with E-state index < -0.39 is 0 Å². The number of hydrogen-bond donors (Lipinski definition) is 1. The average Bonchev–Trinajstić information content (AvgIpc) is 2.59. The molecule has 2 fully saturated rings. The molecule has 2 aliphatic heterocycles. The van der Waals surface area contributed by atoms with Gasteiger partial charge in [0.25, 0.3) is 5.56 Å². The van der Waals surface area contributed by atoms with E-state index in [-0.39, 0.29) is 29.3 Å². The molecular weight excluding hydrogens is 332 g/mol. The van der Waals surface area contributed by atoms with Crippen LogP contribution in [0.3, 0.4) is 0 Å². The van der Waals surface area contributed by atoms with E-state index >= 15 is 0 Å². The van der Waals surface area contributed by atoms with Crippen LogP contribution in [0.5, 0.6) is 0 Å². The molecule has 1 saturated carbocycles. The number of nitrogens with one attached hydrogen (secondary N) is 1. The molecule has 7 heteroatoms. The number of piperidine rings is 1. The van der Waals surface area contributed by atoms with Gasteiger partial charge in [-0.15, -0.1) is 0 Å². The maximum absolute atomic E-state index is 12.8. The molecule has 1 aromatic heterocycles. The van der Waals surface area contributed by atoms with E-state index in [4.69, 9.17) is 4.98 Å². The van der Waals surface area contributed by atoms with Gasteiger partial charge < -0.3 is 14.8 Å². The van der Waals surface area contributed by atoms with E-state index in [1.54, 1.807) is 4.90 Å². The predicted octanol–water partition coefficient (Wildman–Crippen LogP) is 1.53. The van der Waals surface area contributed by atoms with E-state index in [1.807, 2.05) is 4.90 Å². The number of H-pyrrole nitrogens is 1. The molecule has 1 aliphatic carbocycles. The number of nitrogens with zero attached hydrogens (tertiary/aromatic N) is 3. The van der Waals surface area contributed by atoms with Gasteiger partial charge in [-0.1, -0.05) is 6.42 Å². The van der Waals surface area contributed by atoms with Crippen molar-refractivity contribution >= 4 is 11.8 Å². The van der Waals surface area contributed by atoms with E-state index in [9.17, 15) is 14.4 Å². The van der Waals surface area contributed by atoms with Crippen LogP contribution in [0.15, 0.2) is 4.79 Å². The molecule has 1 atom stereocenters. The van der Waals surface area contributed by atoms with Gasteiger partial charge in [-0.05, 0) is 32.1 Å². The number of hydrogen-bond acceptors (Lipinski definition) is 4. The third kappa shape index (κ3) is 3.04. The highest BCUT2D eigenvalue weighted by molar-refractivity contribution is 5.80. The van der Waals surface area contributed by atoms with E-state index in [0.29, 0.717) is 30.9 Å². The van der Waals surface area contributed by atoms with Crippen LogP contribution in [0, 0.1) is 5.92 Å². The number of amides is 2. The van der Waals surface area contributed by atoms with Crippen molar-refractivity contribution in [3.63, 3.8) is 0 Å². The number of carbonyl (C=O) groups excluding carboxylic acids is 2. The molecule has 7 nitrogen and oxygen atoms in total. The van der Waals surface area contributed by atoms with Crippen molar-refractivity contribution in [3.8, 4) is 0 Å². The summed E-state index contributed by atoms with van der Waals surface area (Å²) in [5, 5.41) is 0. The zero-order chi connectivity index (χ0) is 18.3. The molecule has 1 N–H and O–H groups in total. The Morgan fingerprint density at radius 2 is 1.92 bits per heavy atom. The third-order valence-corrected chi connectivity index (χ3v) is 6.09. The second kappa shape index (κ2) is 6.85. The third-order valence-electron chi connectivity index (χ3n) is 6.09. The first-order valence-electron chi connectivity index (χ1n) is 9.72. The van der Waals surface area contributed by atoms with Gasteiger partial charge in [-0.2, -0.15) is 0 Å². The van der Waals surface area contributed by atoms with E-state index in [2.05, 4.69) is 4.98 Å². The molecular formula is C19H26N4O3. The molecule has 1 aromatic rings. The Kier molecular flexibility index (Phi) is 4.54. The van der Waals surface area contributed by atoms with Gasteiger partial charge in [0.2, 0.25) is 11.8 Å². The Morgan fingerprint density at radius 3 is 2.62 bits per heavy atom. The minimum atomic E-state index is -0.169. The van der Waals surface area contributed by atoms with Gasteiger partial charge in [0.15, 0.2) is 0 Å². The first-order chi connectivity index (χ1) is 12.5. The second-order valence-electron chi connectivity index (χ2n) is 7.74. The molecule has 0 bridgehead atoms. The molecule has 0 spiro atoms. The number of carbonyl (C=O) groups is 2. The summed E-state index contributed by atoms with van der Waals surface area (Å²) in [7, 11) is 0. The predicted molar refractivity (Wildman–Crippen MR) is 95.3 cm³/mol. The molecule has 0 radical (unpaired) electrons. The summed E-state index contributed by atoms with van der Waals surface area (Å²) in [5.41, 5.74) is 1.20. The van der Waals surface area contributed by atoms with Gasteiger partial charge >= 0.3 is 0 Å². The topological polar surface area (TPSA) is 86.4 Å². The van der Waals surface area contributed by atoms with Crippen LogP contribution in [-0.2, 0) is 22.6 Å². The molecule has 3 heterocycles. The maximum atomic E-state index is 12.8. The molecule has 3 aliphatic rings. The minimum absolute atomic E-state index is 0.0244. The summed E-state index contributed by atoms with van der Waals surface area (Å²) in [6, 6.07) is -0.124. The largest absolute Gasteiger partial charge is 0.338 e. The monoisotopic (exact) mass is 358 g/mol. The molecule has 0 aromatic carbocycles. The second-order valence-corrected chi connectivity index (χ2v) is 7.74. The first kappa shape index (κ1) is 17.2. The van der Waals surface area contributed by atoms with Crippen molar-refractivity contribution in [1.82, 2.24) is 19.8 Å². The van der Waals surface area contributed by atoms with Crippen LogP contribution in [0.2, 0.25) is 0 Å². The van der Waals surface area contributed by atoms with E-state index in [0.717, 1.165) is 50.8 Å². The lowest BCUT2D eigenvalue weighted by Gasteiger charge is -2.39. The van der Waals surface area contributed by atoms with Crippen molar-refractivity contribution in [2.24, 2.45) is 5.92 Å². The Balaban J connectivity index is 1.62. The van der Waals surface area contributed by atoms with Gasteiger partial charge in [-0.25, -0.2) is 4.98 Å². The number of rotatable bonds is 2.